The maximum absolute atomic E-state index is 13.3. The summed E-state index contributed by atoms with van der Waals surface area (Å²) in [4.78, 5) is 16.8. The highest BCUT2D eigenvalue weighted by Crippen LogP contribution is 2.33. The van der Waals surface area contributed by atoms with Crippen molar-refractivity contribution in [2.75, 3.05) is 0 Å². The molecule has 0 aliphatic rings. The van der Waals surface area contributed by atoms with E-state index in [1.165, 1.54) is 48.5 Å². The van der Waals surface area contributed by atoms with E-state index in [0.29, 0.717) is 13.9 Å². The molecule has 0 aliphatic carbocycles. The molecular weight excluding hydrogens is 581 g/mol. The molecule has 9 nitrogen and oxygen atoms in total. The summed E-state index contributed by atoms with van der Waals surface area (Å²) in [5.41, 5.74) is -0.969. The number of hydrogen-bond donors (Lipinski definition) is 2. The highest BCUT2D eigenvalue weighted by atomic mass is 35.5. The van der Waals surface area contributed by atoms with E-state index in [1.807, 2.05) is 0 Å². The number of aliphatic hydroxyl groups is 2. The largest absolute Gasteiger partial charge is 0.421 e. The molecule has 208 valence electrons. The molecule has 2 aromatic carbocycles. The summed E-state index contributed by atoms with van der Waals surface area (Å²) in [7, 11) is 0. The molecular formula is C22H16Cl2F6N6O3. The van der Waals surface area contributed by atoms with Crippen molar-refractivity contribution in [3.05, 3.63) is 80.7 Å². The van der Waals surface area contributed by atoms with Crippen molar-refractivity contribution >= 4 is 23.2 Å². The molecule has 2 N–H and O–H groups in total. The number of nitrogens with zero attached hydrogens (tertiary/aromatic N) is 6. The van der Waals surface area contributed by atoms with Gasteiger partial charge in [-0.15, -0.1) is 10.2 Å². The molecule has 4 rings (SSSR count). The van der Waals surface area contributed by atoms with Crippen molar-refractivity contribution in [3.8, 4) is 17.1 Å². The number of halogens is 8. The van der Waals surface area contributed by atoms with E-state index in [0.717, 1.165) is 0 Å². The van der Waals surface area contributed by atoms with Crippen LogP contribution in [0.3, 0.4) is 0 Å². The summed E-state index contributed by atoms with van der Waals surface area (Å²) in [5, 5.41) is 27.9. The lowest BCUT2D eigenvalue weighted by Crippen LogP contribution is -2.37. The Kier molecular flexibility index (Phi) is 7.80. The fourth-order valence-electron chi connectivity index (χ4n) is 3.49. The Morgan fingerprint density at radius 1 is 0.897 bits per heavy atom. The summed E-state index contributed by atoms with van der Waals surface area (Å²) in [6, 6.07) is 11.0. The van der Waals surface area contributed by atoms with Crippen molar-refractivity contribution in [2.24, 2.45) is 0 Å². The summed E-state index contributed by atoms with van der Waals surface area (Å²) in [6.45, 7) is -1.91. The Morgan fingerprint density at radius 3 is 2.15 bits per heavy atom. The van der Waals surface area contributed by atoms with Crippen LogP contribution in [-0.4, -0.2) is 57.8 Å². The van der Waals surface area contributed by atoms with Gasteiger partial charge in [-0.1, -0.05) is 29.3 Å². The minimum absolute atomic E-state index is 0.00702. The predicted octanol–water partition coefficient (Wildman–Crippen LogP) is 4.17. The Hall–Kier alpha value is -3.40. The van der Waals surface area contributed by atoms with Gasteiger partial charge in [-0.3, -0.25) is 4.57 Å². The minimum atomic E-state index is -5.13. The number of aliphatic hydroxyl groups excluding tert-OH is 2. The topological polar surface area (TPSA) is 111 Å². The Morgan fingerprint density at radius 2 is 1.56 bits per heavy atom. The molecule has 0 radical (unpaired) electrons. The summed E-state index contributed by atoms with van der Waals surface area (Å²) < 4.78 is 81.1. The zero-order valence-electron chi connectivity index (χ0n) is 19.2. The second-order valence-electron chi connectivity index (χ2n) is 8.16. The van der Waals surface area contributed by atoms with Gasteiger partial charge in [-0.2, -0.15) is 26.3 Å². The lowest BCUT2D eigenvalue weighted by Gasteiger charge is -2.15. The van der Waals surface area contributed by atoms with E-state index < -0.39 is 55.0 Å². The van der Waals surface area contributed by atoms with Gasteiger partial charge >= 0.3 is 18.0 Å². The fourth-order valence-corrected chi connectivity index (χ4v) is 3.80. The second kappa shape index (κ2) is 10.6. The maximum Gasteiger partial charge on any atom is 0.421 e. The van der Waals surface area contributed by atoms with Gasteiger partial charge in [0.25, 0.3) is 0 Å². The van der Waals surface area contributed by atoms with Gasteiger partial charge < -0.3 is 10.2 Å². The fraction of sp³-hybridized carbons (Fsp3) is 0.273. The van der Waals surface area contributed by atoms with Gasteiger partial charge in [0.1, 0.15) is 6.54 Å². The molecule has 0 fully saturated rings. The lowest BCUT2D eigenvalue weighted by atomic mass is 10.2. The maximum atomic E-state index is 13.3. The monoisotopic (exact) mass is 596 g/mol. The molecule has 39 heavy (non-hydrogen) atoms. The van der Waals surface area contributed by atoms with E-state index in [9.17, 15) is 41.4 Å². The van der Waals surface area contributed by atoms with E-state index in [2.05, 4.69) is 15.2 Å². The molecule has 0 spiro atoms. The zero-order valence-corrected chi connectivity index (χ0v) is 20.7. The van der Waals surface area contributed by atoms with Crippen molar-refractivity contribution in [2.45, 2.75) is 37.7 Å². The number of aromatic nitrogens is 6. The predicted molar refractivity (Wildman–Crippen MR) is 125 cm³/mol. The van der Waals surface area contributed by atoms with Gasteiger partial charge in [-0.05, 0) is 42.5 Å². The van der Waals surface area contributed by atoms with Crippen LogP contribution in [0, 0.1) is 0 Å². The highest BCUT2D eigenvalue weighted by Gasteiger charge is 2.43. The standard InChI is InChI=1S/C22H16Cl2F6N6O3/c23-12-6-4-11(5-7-12)18-33-35(20(39)34(18)9-15(37)21(25,26)27)10-16-31-19(17(38)22(28,29)30)36(32-16)14-3-1-2-13(24)8-14/h1-8,15,17,37-38H,9-10H2/t15-,17?/m0/s1. The van der Waals surface area contributed by atoms with Gasteiger partial charge in [0.15, 0.2) is 23.6 Å². The number of rotatable bonds is 7. The number of hydrogen-bond acceptors (Lipinski definition) is 6. The Bertz CT molecular complexity index is 1530. The molecule has 0 amide bonds. The smallest absolute Gasteiger partial charge is 0.382 e. The van der Waals surface area contributed by atoms with E-state index in [4.69, 9.17) is 23.2 Å². The molecule has 0 saturated carbocycles. The van der Waals surface area contributed by atoms with Gasteiger partial charge in [0.05, 0.1) is 12.2 Å². The lowest BCUT2D eigenvalue weighted by molar-refractivity contribution is -0.209. The Labute approximate surface area is 224 Å². The van der Waals surface area contributed by atoms with Crippen LogP contribution >= 0.6 is 23.2 Å². The van der Waals surface area contributed by atoms with Crippen LogP contribution in [0.15, 0.2) is 53.3 Å². The number of benzene rings is 2. The summed E-state index contributed by atoms with van der Waals surface area (Å²) in [5.74, 6) is -1.67. The van der Waals surface area contributed by atoms with Crippen LogP contribution in [0.2, 0.25) is 10.0 Å². The summed E-state index contributed by atoms with van der Waals surface area (Å²) >= 11 is 11.8. The van der Waals surface area contributed by atoms with Crippen molar-refractivity contribution < 1.29 is 36.6 Å². The van der Waals surface area contributed by atoms with Crippen molar-refractivity contribution in [3.63, 3.8) is 0 Å². The molecule has 0 saturated heterocycles. The highest BCUT2D eigenvalue weighted by molar-refractivity contribution is 6.31. The number of alkyl halides is 6. The molecule has 4 aromatic rings. The van der Waals surface area contributed by atoms with Crippen LogP contribution in [0.25, 0.3) is 17.1 Å². The van der Waals surface area contributed by atoms with E-state index in [-0.39, 0.29) is 27.1 Å². The van der Waals surface area contributed by atoms with E-state index in [1.54, 1.807) is 0 Å². The third-order valence-electron chi connectivity index (χ3n) is 5.33. The van der Waals surface area contributed by atoms with E-state index >= 15 is 0 Å². The molecule has 0 bridgehead atoms. The molecule has 2 aromatic heterocycles. The first kappa shape index (κ1) is 28.6. The summed E-state index contributed by atoms with van der Waals surface area (Å²) in [6.07, 6.45) is -16.2. The first-order valence-electron chi connectivity index (χ1n) is 10.8. The average molecular weight is 597 g/mol. The van der Waals surface area contributed by atoms with Gasteiger partial charge in [0.2, 0.25) is 6.10 Å². The van der Waals surface area contributed by atoms with Crippen LogP contribution in [0.5, 0.6) is 0 Å². The zero-order chi connectivity index (χ0) is 28.7. The SMILES string of the molecule is O=c1n(Cc2nc(C(O)C(F)(F)F)n(-c3cccc(Cl)c3)n2)nc(-c2ccc(Cl)cc2)n1C[C@H](O)C(F)(F)F. The van der Waals surface area contributed by atoms with Gasteiger partial charge in [0, 0.05) is 15.6 Å². The Balaban J connectivity index is 1.80. The van der Waals surface area contributed by atoms with Crippen LogP contribution in [0.1, 0.15) is 17.8 Å². The first-order valence-corrected chi connectivity index (χ1v) is 11.6. The van der Waals surface area contributed by atoms with Crippen molar-refractivity contribution in [1.82, 2.24) is 29.1 Å². The minimum Gasteiger partial charge on any atom is -0.382 e. The second-order valence-corrected chi connectivity index (χ2v) is 9.03. The quantitative estimate of drug-likeness (QED) is 0.310. The third kappa shape index (κ3) is 6.27. The third-order valence-corrected chi connectivity index (χ3v) is 5.82. The normalized spacial score (nSPS) is 14.0. The van der Waals surface area contributed by atoms with Crippen LogP contribution in [0.4, 0.5) is 26.3 Å². The first-order chi connectivity index (χ1) is 18.1. The van der Waals surface area contributed by atoms with Crippen LogP contribution < -0.4 is 5.69 Å². The molecule has 2 atom stereocenters. The average Bonchev–Trinajstić information content (AvgIpc) is 3.40. The molecule has 2 heterocycles. The van der Waals surface area contributed by atoms with Crippen molar-refractivity contribution in [1.29, 1.82) is 0 Å². The molecule has 0 aliphatic heterocycles. The van der Waals surface area contributed by atoms with Gasteiger partial charge in [-0.25, -0.2) is 19.1 Å². The molecule has 17 heteroatoms. The molecule has 1 unspecified atom stereocenters. The van der Waals surface area contributed by atoms with Crippen LogP contribution in [-0.2, 0) is 13.1 Å².